The van der Waals surface area contributed by atoms with E-state index in [1.807, 2.05) is 0 Å². The first-order valence-electron chi connectivity index (χ1n) is 5.67. The number of carbonyl (C=O) groups is 2. The fourth-order valence-electron chi connectivity index (χ4n) is 1.71. The maximum absolute atomic E-state index is 10.9. The highest BCUT2D eigenvalue weighted by Crippen LogP contribution is 2.32. The summed E-state index contributed by atoms with van der Waals surface area (Å²) in [4.78, 5) is 21.5. The number of aliphatic carboxylic acids is 2. The first-order valence-corrected chi connectivity index (χ1v) is 5.67. The minimum absolute atomic E-state index is 0.425. The van der Waals surface area contributed by atoms with Crippen molar-refractivity contribution < 1.29 is 29.3 Å². The van der Waals surface area contributed by atoms with E-state index >= 15 is 0 Å². The van der Waals surface area contributed by atoms with Gasteiger partial charge in [0.2, 0.25) is 0 Å². The van der Waals surface area contributed by atoms with Gasteiger partial charge >= 0.3 is 11.9 Å². The molecule has 0 spiro atoms. The van der Waals surface area contributed by atoms with Crippen molar-refractivity contribution in [3.8, 4) is 11.5 Å². The zero-order chi connectivity index (χ0) is 13.8. The van der Waals surface area contributed by atoms with Crippen molar-refractivity contribution in [1.29, 1.82) is 0 Å². The van der Waals surface area contributed by atoms with E-state index in [2.05, 4.69) is 5.32 Å². The lowest BCUT2D eigenvalue weighted by atomic mass is 10.2. The van der Waals surface area contributed by atoms with E-state index in [0.717, 1.165) is 0 Å². The Bertz CT molecular complexity index is 501. The normalized spacial score (nSPS) is 14.5. The molecular weight excluding hydrogens is 254 g/mol. The molecule has 1 unspecified atom stereocenters. The van der Waals surface area contributed by atoms with Gasteiger partial charge in [0.1, 0.15) is 19.3 Å². The SMILES string of the molecule is O=C(O)CC(Nc1ccc2c(c1)OCCO2)C(=O)O. The average Bonchev–Trinajstić information content (AvgIpc) is 2.37. The first kappa shape index (κ1) is 13.0. The molecule has 2 rings (SSSR count). The number of fused-ring (bicyclic) bond motifs is 1. The average molecular weight is 267 g/mol. The summed E-state index contributed by atoms with van der Waals surface area (Å²) < 4.78 is 10.7. The Hall–Kier alpha value is -2.44. The van der Waals surface area contributed by atoms with Crippen LogP contribution in [0, 0.1) is 0 Å². The molecule has 19 heavy (non-hydrogen) atoms. The second-order valence-corrected chi connectivity index (χ2v) is 3.99. The van der Waals surface area contributed by atoms with E-state index in [4.69, 9.17) is 19.7 Å². The topological polar surface area (TPSA) is 105 Å². The first-order chi connectivity index (χ1) is 9.06. The van der Waals surface area contributed by atoms with E-state index in [1.165, 1.54) is 0 Å². The predicted octanol–water partition coefficient (Wildman–Crippen LogP) is 0.798. The van der Waals surface area contributed by atoms with E-state index < -0.39 is 24.4 Å². The number of carboxylic acid groups (broad SMARTS) is 2. The smallest absolute Gasteiger partial charge is 0.326 e. The summed E-state index contributed by atoms with van der Waals surface area (Å²) in [5.41, 5.74) is 0.470. The van der Waals surface area contributed by atoms with Crippen molar-refractivity contribution >= 4 is 17.6 Å². The van der Waals surface area contributed by atoms with Crippen molar-refractivity contribution in [2.24, 2.45) is 0 Å². The van der Waals surface area contributed by atoms with Crippen LogP contribution in [0.15, 0.2) is 18.2 Å². The van der Waals surface area contributed by atoms with Crippen molar-refractivity contribution in [2.45, 2.75) is 12.5 Å². The summed E-state index contributed by atoms with van der Waals surface area (Å²) in [7, 11) is 0. The number of ether oxygens (including phenoxy) is 2. The molecule has 1 aliphatic rings. The van der Waals surface area contributed by atoms with Crippen LogP contribution in [0.1, 0.15) is 6.42 Å². The molecular formula is C12H13NO6. The summed E-state index contributed by atoms with van der Waals surface area (Å²) in [6.45, 7) is 0.893. The van der Waals surface area contributed by atoms with Gasteiger partial charge in [0.15, 0.2) is 11.5 Å². The zero-order valence-corrected chi connectivity index (χ0v) is 9.96. The maximum atomic E-state index is 10.9. The molecule has 1 heterocycles. The number of rotatable bonds is 5. The van der Waals surface area contributed by atoms with Gasteiger partial charge < -0.3 is 25.0 Å². The van der Waals surface area contributed by atoms with Crippen LogP contribution in [0.3, 0.4) is 0 Å². The van der Waals surface area contributed by atoms with Crippen LogP contribution in [0.4, 0.5) is 5.69 Å². The van der Waals surface area contributed by atoms with Crippen LogP contribution >= 0.6 is 0 Å². The van der Waals surface area contributed by atoms with Crippen LogP contribution in [-0.2, 0) is 9.59 Å². The number of carboxylic acids is 2. The van der Waals surface area contributed by atoms with Crippen LogP contribution in [0.5, 0.6) is 11.5 Å². The van der Waals surface area contributed by atoms with Gasteiger partial charge in [-0.15, -0.1) is 0 Å². The minimum Gasteiger partial charge on any atom is -0.486 e. The quantitative estimate of drug-likeness (QED) is 0.724. The Kier molecular flexibility index (Phi) is 3.74. The molecule has 0 saturated carbocycles. The Labute approximate surface area is 108 Å². The van der Waals surface area contributed by atoms with E-state index in [9.17, 15) is 9.59 Å². The highest BCUT2D eigenvalue weighted by molar-refractivity contribution is 5.83. The minimum atomic E-state index is -1.22. The lowest BCUT2D eigenvalue weighted by Gasteiger charge is -2.20. The molecule has 3 N–H and O–H groups in total. The van der Waals surface area contributed by atoms with Crippen molar-refractivity contribution in [1.82, 2.24) is 0 Å². The van der Waals surface area contributed by atoms with Gasteiger partial charge in [-0.3, -0.25) is 4.79 Å². The van der Waals surface area contributed by atoms with Gasteiger partial charge in [0.05, 0.1) is 6.42 Å². The van der Waals surface area contributed by atoms with Gasteiger partial charge in [0.25, 0.3) is 0 Å². The summed E-state index contributed by atoms with van der Waals surface area (Å²) in [5.74, 6) is -1.31. The number of hydrogen-bond donors (Lipinski definition) is 3. The highest BCUT2D eigenvalue weighted by atomic mass is 16.6. The van der Waals surface area contributed by atoms with Gasteiger partial charge in [-0.1, -0.05) is 0 Å². The van der Waals surface area contributed by atoms with Crippen LogP contribution in [0.25, 0.3) is 0 Å². The Balaban J connectivity index is 2.12. The number of nitrogens with one attached hydrogen (secondary N) is 1. The third-order valence-corrected chi connectivity index (χ3v) is 2.56. The predicted molar refractivity (Wildman–Crippen MR) is 64.7 cm³/mol. The molecule has 102 valence electrons. The number of anilines is 1. The van der Waals surface area contributed by atoms with Crippen molar-refractivity contribution in [3.63, 3.8) is 0 Å². The van der Waals surface area contributed by atoms with Crippen LogP contribution < -0.4 is 14.8 Å². The van der Waals surface area contributed by atoms with Gasteiger partial charge in [-0.2, -0.15) is 0 Å². The molecule has 1 atom stereocenters. The van der Waals surface area contributed by atoms with Crippen molar-refractivity contribution in [2.75, 3.05) is 18.5 Å². The molecule has 0 saturated heterocycles. The van der Waals surface area contributed by atoms with E-state index in [0.29, 0.717) is 30.4 Å². The summed E-state index contributed by atoms with van der Waals surface area (Å²) in [6.07, 6.45) is -0.510. The molecule has 1 aliphatic heterocycles. The van der Waals surface area contributed by atoms with E-state index in [-0.39, 0.29) is 0 Å². The maximum Gasteiger partial charge on any atom is 0.326 e. The highest BCUT2D eigenvalue weighted by Gasteiger charge is 2.21. The standard InChI is InChI=1S/C12H13NO6/c14-11(15)6-8(12(16)17)13-7-1-2-9-10(5-7)19-4-3-18-9/h1-2,5,8,13H,3-4,6H2,(H,14,15)(H,16,17). The summed E-state index contributed by atoms with van der Waals surface area (Å²) >= 11 is 0. The van der Waals surface area contributed by atoms with Crippen LogP contribution in [-0.4, -0.2) is 41.4 Å². The molecule has 1 aromatic carbocycles. The van der Waals surface area contributed by atoms with E-state index in [1.54, 1.807) is 18.2 Å². The summed E-state index contributed by atoms with van der Waals surface area (Å²) in [6, 6.07) is 3.66. The van der Waals surface area contributed by atoms with Crippen LogP contribution in [0.2, 0.25) is 0 Å². The molecule has 0 amide bonds. The Morgan fingerprint density at radius 2 is 1.89 bits per heavy atom. The Morgan fingerprint density at radius 3 is 2.53 bits per heavy atom. The molecule has 0 bridgehead atoms. The molecule has 0 fully saturated rings. The Morgan fingerprint density at radius 1 is 1.21 bits per heavy atom. The second kappa shape index (κ2) is 5.47. The third kappa shape index (κ3) is 3.27. The van der Waals surface area contributed by atoms with Gasteiger partial charge in [0, 0.05) is 11.8 Å². The molecule has 7 nitrogen and oxygen atoms in total. The zero-order valence-electron chi connectivity index (χ0n) is 9.96. The monoisotopic (exact) mass is 267 g/mol. The lowest BCUT2D eigenvalue weighted by molar-refractivity contribution is -0.144. The molecule has 0 aromatic heterocycles. The van der Waals surface area contributed by atoms with Crippen molar-refractivity contribution in [3.05, 3.63) is 18.2 Å². The fourth-order valence-corrected chi connectivity index (χ4v) is 1.71. The fraction of sp³-hybridized carbons (Fsp3) is 0.333. The second-order valence-electron chi connectivity index (χ2n) is 3.99. The number of hydrogen-bond acceptors (Lipinski definition) is 5. The molecule has 1 aromatic rings. The van der Waals surface area contributed by atoms with Gasteiger partial charge in [-0.25, -0.2) is 4.79 Å². The lowest BCUT2D eigenvalue weighted by Crippen LogP contribution is -2.31. The molecule has 7 heteroatoms. The van der Waals surface area contributed by atoms with Gasteiger partial charge in [-0.05, 0) is 12.1 Å². The molecule has 0 radical (unpaired) electrons. The number of benzene rings is 1. The largest absolute Gasteiger partial charge is 0.486 e. The molecule has 0 aliphatic carbocycles. The summed E-state index contributed by atoms with van der Waals surface area (Å²) in [5, 5.41) is 20.2. The third-order valence-electron chi connectivity index (χ3n) is 2.56.